The highest BCUT2D eigenvalue weighted by Crippen LogP contribution is 2.60. The molecule has 2 aliphatic heterocycles. The summed E-state index contributed by atoms with van der Waals surface area (Å²) in [6.45, 7) is 0. The van der Waals surface area contributed by atoms with Gasteiger partial charge in [-0.25, -0.2) is 0 Å². The minimum Gasteiger partial charge on any atom is -0.468 e. The fraction of sp³-hybridized carbons (Fsp3) is 0.179. The second kappa shape index (κ2) is 8.58. The molecule has 0 unspecified atom stereocenters. The maximum absolute atomic E-state index is 14.0. The number of ether oxygens (including phenoxy) is 1. The molecular formula is C28H21BrN2O3. The number of fused-ring (bicyclic) bond motifs is 3. The third-order valence-electron chi connectivity index (χ3n) is 6.84. The van der Waals surface area contributed by atoms with Crippen LogP contribution in [0, 0.1) is 16.7 Å². The second-order valence-electron chi connectivity index (χ2n) is 8.47. The van der Waals surface area contributed by atoms with Crippen LogP contribution >= 0.6 is 15.9 Å². The molecule has 3 aromatic carbocycles. The summed E-state index contributed by atoms with van der Waals surface area (Å²) < 4.78 is 6.13. The Morgan fingerprint density at radius 1 is 1.00 bits per heavy atom. The lowest BCUT2D eigenvalue weighted by Crippen LogP contribution is -2.41. The van der Waals surface area contributed by atoms with E-state index in [9.17, 15) is 14.9 Å². The monoisotopic (exact) mass is 512 g/mol. The molecule has 0 saturated carbocycles. The highest BCUT2D eigenvalue weighted by Gasteiger charge is 2.67. The summed E-state index contributed by atoms with van der Waals surface area (Å²) in [5.41, 5.74) is 1.35. The molecule has 5 rings (SSSR count). The molecule has 0 aliphatic carbocycles. The molecule has 1 fully saturated rings. The van der Waals surface area contributed by atoms with E-state index in [2.05, 4.69) is 22.0 Å². The number of esters is 1. The molecule has 0 amide bonds. The number of carbonyl (C=O) groups is 2. The van der Waals surface area contributed by atoms with E-state index in [1.54, 1.807) is 12.1 Å². The smallest absolute Gasteiger partial charge is 0.329 e. The van der Waals surface area contributed by atoms with E-state index in [1.807, 2.05) is 83.9 Å². The Kier molecular flexibility index (Phi) is 5.59. The maximum Gasteiger partial charge on any atom is 0.329 e. The van der Waals surface area contributed by atoms with Crippen LogP contribution < -0.4 is 0 Å². The van der Waals surface area contributed by atoms with Gasteiger partial charge in [-0.2, -0.15) is 5.26 Å². The molecule has 0 N–H and O–H groups in total. The lowest BCUT2D eigenvalue weighted by molar-refractivity contribution is -0.151. The van der Waals surface area contributed by atoms with Crippen LogP contribution in [-0.2, 0) is 9.53 Å². The summed E-state index contributed by atoms with van der Waals surface area (Å²) in [6, 6.07) is 25.0. The van der Waals surface area contributed by atoms with Gasteiger partial charge in [0.15, 0.2) is 11.2 Å². The van der Waals surface area contributed by atoms with E-state index in [0.717, 1.165) is 21.2 Å². The molecule has 2 aliphatic rings. The summed E-state index contributed by atoms with van der Waals surface area (Å²) in [4.78, 5) is 29.5. The number of halogens is 1. The van der Waals surface area contributed by atoms with Gasteiger partial charge in [-0.1, -0.05) is 82.7 Å². The molecule has 168 valence electrons. The maximum atomic E-state index is 14.0. The van der Waals surface area contributed by atoms with E-state index < -0.39 is 29.4 Å². The highest BCUT2D eigenvalue weighted by atomic mass is 79.9. The Balaban J connectivity index is 1.81. The lowest BCUT2D eigenvalue weighted by atomic mass is 9.66. The number of hydrogen-bond acceptors (Lipinski definition) is 5. The molecule has 4 atom stereocenters. The fourth-order valence-electron chi connectivity index (χ4n) is 5.41. The predicted molar refractivity (Wildman–Crippen MR) is 132 cm³/mol. The molecule has 34 heavy (non-hydrogen) atoms. The number of hydrogen-bond donors (Lipinski definition) is 0. The Labute approximate surface area is 206 Å². The van der Waals surface area contributed by atoms with Crippen LogP contribution in [0.25, 0.3) is 6.08 Å². The third kappa shape index (κ3) is 3.19. The van der Waals surface area contributed by atoms with Crippen LogP contribution in [0.5, 0.6) is 0 Å². The summed E-state index contributed by atoms with van der Waals surface area (Å²) >= 11 is 3.46. The van der Waals surface area contributed by atoms with Crippen LogP contribution in [0.1, 0.15) is 39.0 Å². The molecule has 0 aromatic heterocycles. The van der Waals surface area contributed by atoms with Crippen molar-refractivity contribution in [3.05, 3.63) is 112 Å². The van der Waals surface area contributed by atoms with E-state index in [4.69, 9.17) is 4.74 Å². The summed E-state index contributed by atoms with van der Waals surface area (Å²) in [6.07, 6.45) is 3.77. The molecule has 0 spiro atoms. The minimum absolute atomic E-state index is 0.149. The zero-order valence-electron chi connectivity index (χ0n) is 18.4. The van der Waals surface area contributed by atoms with Gasteiger partial charge in [-0.15, -0.1) is 0 Å². The van der Waals surface area contributed by atoms with Gasteiger partial charge < -0.3 is 9.64 Å². The largest absolute Gasteiger partial charge is 0.468 e. The van der Waals surface area contributed by atoms with Crippen LogP contribution in [-0.4, -0.2) is 29.8 Å². The summed E-state index contributed by atoms with van der Waals surface area (Å²) in [5, 5.41) is 10.7. The Hall–Kier alpha value is -3.69. The standard InChI is InChI=1S/C28H21BrN2O3/c1-34-27(33)28(17-30)23(19-11-13-21(29)14-12-19)24(25(32)20-8-3-2-4-9-20)31-16-15-18-7-5-6-10-22(18)26(28)31/h2-16,23-24,26H,1H3/t23-,24-,26-,28+/m1/s1. The van der Waals surface area contributed by atoms with E-state index in [1.165, 1.54) is 7.11 Å². The topological polar surface area (TPSA) is 70.4 Å². The van der Waals surface area contributed by atoms with Crippen molar-refractivity contribution in [2.75, 3.05) is 7.11 Å². The second-order valence-corrected chi connectivity index (χ2v) is 9.39. The molecule has 0 radical (unpaired) electrons. The predicted octanol–water partition coefficient (Wildman–Crippen LogP) is 5.51. The number of nitriles is 1. The first kappa shape index (κ1) is 22.1. The van der Waals surface area contributed by atoms with Crippen molar-refractivity contribution in [1.82, 2.24) is 4.90 Å². The van der Waals surface area contributed by atoms with Gasteiger partial charge in [0, 0.05) is 22.2 Å². The number of rotatable bonds is 4. The average molecular weight is 513 g/mol. The molecule has 0 bridgehead atoms. The normalized spacial score (nSPS) is 24.6. The third-order valence-corrected chi connectivity index (χ3v) is 7.37. The number of benzene rings is 3. The molecule has 2 heterocycles. The van der Waals surface area contributed by atoms with Crippen molar-refractivity contribution in [2.45, 2.75) is 18.0 Å². The number of carbonyl (C=O) groups excluding carboxylic acids is 2. The number of methoxy groups -OCH3 is 1. The average Bonchev–Trinajstić information content (AvgIpc) is 3.20. The molecule has 1 saturated heterocycles. The Morgan fingerprint density at radius 2 is 1.68 bits per heavy atom. The number of ketones is 1. The van der Waals surface area contributed by atoms with Gasteiger partial charge in [0.2, 0.25) is 0 Å². The first-order valence-corrected chi connectivity index (χ1v) is 11.7. The van der Waals surface area contributed by atoms with Crippen LogP contribution in [0.3, 0.4) is 0 Å². The van der Waals surface area contributed by atoms with Crippen molar-refractivity contribution in [3.8, 4) is 6.07 Å². The van der Waals surface area contributed by atoms with Crippen molar-refractivity contribution >= 4 is 33.8 Å². The van der Waals surface area contributed by atoms with Gasteiger partial charge in [0.05, 0.1) is 19.2 Å². The summed E-state index contributed by atoms with van der Waals surface area (Å²) in [5.74, 6) is -1.55. The van der Waals surface area contributed by atoms with Crippen molar-refractivity contribution in [1.29, 1.82) is 5.26 Å². The molecule has 5 nitrogen and oxygen atoms in total. The van der Waals surface area contributed by atoms with Crippen LogP contribution in [0.4, 0.5) is 0 Å². The fourth-order valence-corrected chi connectivity index (χ4v) is 5.67. The molecule has 6 heteroatoms. The van der Waals surface area contributed by atoms with Gasteiger partial charge in [-0.05, 0) is 34.9 Å². The van der Waals surface area contributed by atoms with E-state index in [-0.39, 0.29) is 5.78 Å². The van der Waals surface area contributed by atoms with E-state index >= 15 is 0 Å². The summed E-state index contributed by atoms with van der Waals surface area (Å²) in [7, 11) is 1.29. The van der Waals surface area contributed by atoms with Gasteiger partial charge in [0.25, 0.3) is 0 Å². The van der Waals surface area contributed by atoms with E-state index in [0.29, 0.717) is 5.56 Å². The van der Waals surface area contributed by atoms with Gasteiger partial charge in [0.1, 0.15) is 6.04 Å². The van der Waals surface area contributed by atoms with Gasteiger partial charge in [-0.3, -0.25) is 9.59 Å². The van der Waals surface area contributed by atoms with Crippen molar-refractivity contribution in [2.24, 2.45) is 5.41 Å². The number of nitrogens with zero attached hydrogens (tertiary/aromatic N) is 2. The van der Waals surface area contributed by atoms with Crippen molar-refractivity contribution in [3.63, 3.8) is 0 Å². The quantitative estimate of drug-likeness (QED) is 0.340. The van der Waals surface area contributed by atoms with Crippen molar-refractivity contribution < 1.29 is 14.3 Å². The SMILES string of the molecule is COC(=O)[C@@]1(C#N)[C@H](c2ccc(Br)cc2)[C@H](C(=O)c2ccccc2)N2C=Cc3ccccc3[C@@H]21. The van der Waals surface area contributed by atoms with Gasteiger partial charge >= 0.3 is 5.97 Å². The number of Topliss-reactive ketones (excluding diaryl/α,β-unsaturated/α-hetero) is 1. The van der Waals surface area contributed by atoms with Crippen LogP contribution in [0.2, 0.25) is 0 Å². The zero-order chi connectivity index (χ0) is 23.9. The van der Waals surface area contributed by atoms with Crippen LogP contribution in [0.15, 0.2) is 89.5 Å². The lowest BCUT2D eigenvalue weighted by Gasteiger charge is -2.36. The highest BCUT2D eigenvalue weighted by molar-refractivity contribution is 9.10. The Bertz CT molecular complexity index is 1330. The Morgan fingerprint density at radius 3 is 2.35 bits per heavy atom. The zero-order valence-corrected chi connectivity index (χ0v) is 20.0. The molecular weight excluding hydrogens is 492 g/mol. The molecule has 3 aromatic rings. The minimum atomic E-state index is -1.64. The first-order chi connectivity index (χ1) is 16.5. The first-order valence-electron chi connectivity index (χ1n) is 10.9.